The van der Waals surface area contributed by atoms with E-state index in [0.29, 0.717) is 35.3 Å². The van der Waals surface area contributed by atoms with Crippen molar-refractivity contribution in [2.24, 2.45) is 0 Å². The average molecular weight is 445 g/mol. The molecule has 2 aromatic carbocycles. The molecule has 33 heavy (non-hydrogen) atoms. The van der Waals surface area contributed by atoms with Crippen LogP contribution in [0.1, 0.15) is 48.3 Å². The molecule has 2 heterocycles. The second-order valence-electron chi connectivity index (χ2n) is 8.52. The summed E-state index contributed by atoms with van der Waals surface area (Å²) in [6.45, 7) is 1.74. The first-order chi connectivity index (χ1) is 15.9. The predicted molar refractivity (Wildman–Crippen MR) is 121 cm³/mol. The van der Waals surface area contributed by atoms with E-state index in [1.165, 1.54) is 4.57 Å². The molecule has 3 aromatic rings. The van der Waals surface area contributed by atoms with Crippen LogP contribution >= 0.6 is 0 Å². The fraction of sp³-hybridized carbons (Fsp3) is 0.292. The summed E-state index contributed by atoms with van der Waals surface area (Å²) in [5, 5.41) is 4.04. The van der Waals surface area contributed by atoms with E-state index in [-0.39, 0.29) is 11.1 Å². The van der Waals surface area contributed by atoms with Crippen LogP contribution in [0.25, 0.3) is 16.6 Å². The molecule has 9 heteroatoms. The van der Waals surface area contributed by atoms with Crippen LogP contribution in [0.4, 0.5) is 4.79 Å². The van der Waals surface area contributed by atoms with Crippen LogP contribution < -0.4 is 16.3 Å². The Labute approximate surface area is 189 Å². The van der Waals surface area contributed by atoms with E-state index in [2.05, 4.69) is 15.7 Å². The third-order valence-corrected chi connectivity index (χ3v) is 6.41. The zero-order valence-corrected chi connectivity index (χ0v) is 18.1. The Kier molecular flexibility index (Phi) is 4.96. The number of carbonyl (C=O) groups is 3. The summed E-state index contributed by atoms with van der Waals surface area (Å²) in [6, 6.07) is 12.9. The first-order valence-corrected chi connectivity index (χ1v) is 11.0. The van der Waals surface area contributed by atoms with E-state index in [0.717, 1.165) is 24.3 Å². The summed E-state index contributed by atoms with van der Waals surface area (Å²) in [7, 11) is 0. The number of nitrogens with one attached hydrogen (secondary N) is 2. The lowest BCUT2D eigenvalue weighted by Gasteiger charge is -2.30. The van der Waals surface area contributed by atoms with Crippen molar-refractivity contribution in [1.82, 2.24) is 25.3 Å². The van der Waals surface area contributed by atoms with Gasteiger partial charge in [-0.3, -0.25) is 24.4 Å². The molecule has 0 radical (unpaired) electrons. The molecule has 1 aliphatic carbocycles. The highest BCUT2D eigenvalue weighted by molar-refractivity contribution is 6.09. The molecule has 0 atom stereocenters. The normalized spacial score (nSPS) is 17.4. The number of benzene rings is 2. The molecule has 2 aliphatic rings. The van der Waals surface area contributed by atoms with Crippen molar-refractivity contribution in [3.63, 3.8) is 0 Å². The van der Waals surface area contributed by atoms with Crippen molar-refractivity contribution in [3.8, 4) is 5.69 Å². The summed E-state index contributed by atoms with van der Waals surface area (Å²) < 4.78 is 1.48. The summed E-state index contributed by atoms with van der Waals surface area (Å²) >= 11 is 0. The lowest BCUT2D eigenvalue weighted by Crippen LogP contribution is -2.50. The second kappa shape index (κ2) is 7.84. The number of rotatable bonds is 3. The summed E-state index contributed by atoms with van der Waals surface area (Å²) in [5.74, 6) is -0.479. The van der Waals surface area contributed by atoms with Gasteiger partial charge >= 0.3 is 6.03 Å². The third-order valence-electron chi connectivity index (χ3n) is 6.41. The third kappa shape index (κ3) is 3.45. The van der Waals surface area contributed by atoms with Crippen LogP contribution in [0.5, 0.6) is 0 Å². The van der Waals surface area contributed by atoms with Crippen molar-refractivity contribution in [1.29, 1.82) is 0 Å². The van der Waals surface area contributed by atoms with Gasteiger partial charge in [-0.25, -0.2) is 9.78 Å². The molecule has 168 valence electrons. The van der Waals surface area contributed by atoms with E-state index in [1.807, 2.05) is 6.07 Å². The molecule has 0 bridgehead atoms. The highest BCUT2D eigenvalue weighted by Gasteiger charge is 2.52. The largest absolute Gasteiger partial charge is 0.344 e. The number of imide groups is 1. The molecule has 0 unspecified atom stereocenters. The van der Waals surface area contributed by atoms with Crippen LogP contribution in [-0.2, 0) is 4.79 Å². The van der Waals surface area contributed by atoms with Crippen LogP contribution in [0.3, 0.4) is 0 Å². The lowest BCUT2D eigenvalue weighted by atomic mass is 9.82. The second-order valence-corrected chi connectivity index (χ2v) is 8.52. The number of hydrogen-bond acceptors (Lipinski definition) is 5. The van der Waals surface area contributed by atoms with Crippen molar-refractivity contribution in [2.45, 2.75) is 44.6 Å². The Morgan fingerprint density at radius 1 is 1.00 bits per heavy atom. The van der Waals surface area contributed by atoms with E-state index >= 15 is 0 Å². The van der Waals surface area contributed by atoms with Gasteiger partial charge in [0.15, 0.2) is 0 Å². The Morgan fingerprint density at radius 3 is 2.42 bits per heavy atom. The van der Waals surface area contributed by atoms with Gasteiger partial charge in [0.25, 0.3) is 17.4 Å². The summed E-state index contributed by atoms with van der Waals surface area (Å²) in [4.78, 5) is 55.5. The number of hydrazine groups is 1. The summed E-state index contributed by atoms with van der Waals surface area (Å²) in [6.07, 6.45) is 3.90. The molecule has 1 saturated carbocycles. The number of hydrogen-bond donors (Lipinski definition) is 2. The zero-order chi connectivity index (χ0) is 23.2. The number of fused-ring (bicyclic) bond motifs is 1. The Balaban J connectivity index is 1.38. The van der Waals surface area contributed by atoms with Crippen molar-refractivity contribution >= 4 is 28.7 Å². The van der Waals surface area contributed by atoms with Crippen LogP contribution in [0.15, 0.2) is 53.3 Å². The van der Waals surface area contributed by atoms with E-state index in [4.69, 9.17) is 0 Å². The summed E-state index contributed by atoms with van der Waals surface area (Å²) in [5.41, 5.74) is 2.75. The molecule has 9 nitrogen and oxygen atoms in total. The molecule has 4 amide bonds. The maximum absolute atomic E-state index is 13.0. The van der Waals surface area contributed by atoms with E-state index in [1.54, 1.807) is 49.4 Å². The molecule has 2 N–H and O–H groups in total. The molecule has 1 aromatic heterocycles. The first kappa shape index (κ1) is 20.9. The molecule has 1 saturated heterocycles. The molecule has 1 spiro atoms. The topological polar surface area (TPSA) is 113 Å². The monoisotopic (exact) mass is 445 g/mol. The SMILES string of the molecule is Cc1nc2ccccc2c(=O)n1-c1ccc(C(=O)NN2C(=O)NC3(CCCCC3)C2=O)cc1. The minimum atomic E-state index is -0.908. The van der Waals surface area contributed by atoms with Crippen molar-refractivity contribution < 1.29 is 14.4 Å². The van der Waals surface area contributed by atoms with Gasteiger partial charge in [0.1, 0.15) is 11.4 Å². The highest BCUT2D eigenvalue weighted by Crippen LogP contribution is 2.33. The number of aromatic nitrogens is 2. The predicted octanol–water partition coefficient (Wildman–Crippen LogP) is 2.59. The first-order valence-electron chi connectivity index (χ1n) is 11.0. The van der Waals surface area contributed by atoms with Crippen LogP contribution in [0.2, 0.25) is 0 Å². The Hall–Kier alpha value is -4.01. The Morgan fingerprint density at radius 2 is 1.70 bits per heavy atom. The van der Waals surface area contributed by atoms with Crippen molar-refractivity contribution in [3.05, 3.63) is 70.3 Å². The molecule has 1 aliphatic heterocycles. The number of aryl methyl sites for hydroxylation is 1. The zero-order valence-electron chi connectivity index (χ0n) is 18.1. The van der Waals surface area contributed by atoms with Gasteiger partial charge in [-0.2, -0.15) is 5.01 Å². The van der Waals surface area contributed by atoms with Gasteiger partial charge in [0, 0.05) is 5.56 Å². The maximum atomic E-state index is 13.0. The van der Waals surface area contributed by atoms with E-state index in [9.17, 15) is 19.2 Å². The molecule has 5 rings (SSSR count). The maximum Gasteiger partial charge on any atom is 0.344 e. The number of urea groups is 1. The van der Waals surface area contributed by atoms with Gasteiger partial charge in [-0.15, -0.1) is 0 Å². The van der Waals surface area contributed by atoms with Gasteiger partial charge < -0.3 is 5.32 Å². The van der Waals surface area contributed by atoms with Gasteiger partial charge in [0.05, 0.1) is 16.6 Å². The van der Waals surface area contributed by atoms with Gasteiger partial charge in [-0.1, -0.05) is 31.4 Å². The smallest absolute Gasteiger partial charge is 0.322 e. The standard InChI is InChI=1S/C24H23N5O4/c1-15-25-19-8-4-3-7-18(19)21(31)28(15)17-11-9-16(10-12-17)20(30)27-29-22(32)24(26-23(29)33)13-5-2-6-14-24/h3-4,7-12H,2,5-6,13-14H2,1H3,(H,26,33)(H,27,30). The van der Waals surface area contributed by atoms with Crippen LogP contribution in [-0.4, -0.2) is 37.9 Å². The average Bonchev–Trinajstić information content (AvgIpc) is 3.03. The van der Waals surface area contributed by atoms with Crippen molar-refractivity contribution in [2.75, 3.05) is 0 Å². The molecular formula is C24H23N5O4. The van der Waals surface area contributed by atoms with Crippen LogP contribution in [0, 0.1) is 6.92 Å². The number of amides is 4. The minimum absolute atomic E-state index is 0.201. The molecule has 2 fully saturated rings. The number of para-hydroxylation sites is 1. The fourth-order valence-corrected chi connectivity index (χ4v) is 4.69. The quantitative estimate of drug-likeness (QED) is 0.602. The van der Waals surface area contributed by atoms with Gasteiger partial charge in [-0.05, 0) is 56.2 Å². The molecular weight excluding hydrogens is 422 g/mol. The van der Waals surface area contributed by atoms with Gasteiger partial charge in [0.2, 0.25) is 0 Å². The number of carbonyl (C=O) groups excluding carboxylic acids is 3. The fourth-order valence-electron chi connectivity index (χ4n) is 4.69. The van der Waals surface area contributed by atoms with E-state index < -0.39 is 23.4 Å². The number of nitrogens with zero attached hydrogens (tertiary/aromatic N) is 3. The minimum Gasteiger partial charge on any atom is -0.322 e. The lowest BCUT2D eigenvalue weighted by molar-refractivity contribution is -0.134. The Bertz CT molecular complexity index is 1340. The highest BCUT2D eigenvalue weighted by atomic mass is 16.2.